The van der Waals surface area contributed by atoms with Crippen LogP contribution in [0.25, 0.3) is 0 Å². The summed E-state index contributed by atoms with van der Waals surface area (Å²) in [6.07, 6.45) is 0. The van der Waals surface area contributed by atoms with E-state index in [1.807, 2.05) is 30.3 Å². The van der Waals surface area contributed by atoms with Gasteiger partial charge in [0.15, 0.2) is 0 Å². The van der Waals surface area contributed by atoms with Crippen LogP contribution in [0.1, 0.15) is 11.5 Å². The van der Waals surface area contributed by atoms with E-state index in [1.165, 1.54) is 0 Å². The zero-order chi connectivity index (χ0) is 14.9. The molecule has 0 unspecified atom stereocenters. The molecule has 0 bridgehead atoms. The largest absolute Gasteiger partial charge is 0.384 e. The third-order valence-corrected chi connectivity index (χ3v) is 4.02. The molecular formula is C13H11BrN4OS. The molecule has 5 N–H and O–H groups in total. The van der Waals surface area contributed by atoms with Gasteiger partial charge < -0.3 is 16.8 Å². The van der Waals surface area contributed by atoms with Gasteiger partial charge in [0.2, 0.25) is 5.91 Å². The Bertz CT molecular complexity index is 647. The molecule has 0 spiro atoms. The Hall–Kier alpha value is -1.91. The average molecular weight is 351 g/mol. The molecule has 2 atom stereocenters. The number of hydrogen-bond acceptors (Lipinski definition) is 4. The first-order valence-corrected chi connectivity index (χ1v) is 6.91. The molecule has 0 saturated heterocycles. The minimum atomic E-state index is -0.784. The molecule has 1 amide bonds. The maximum atomic E-state index is 11.7. The molecule has 5 nitrogen and oxygen atoms in total. The van der Waals surface area contributed by atoms with Gasteiger partial charge in [0.1, 0.15) is 11.7 Å². The fourth-order valence-corrected chi connectivity index (χ4v) is 2.84. The van der Waals surface area contributed by atoms with Crippen molar-refractivity contribution in [1.29, 1.82) is 5.26 Å². The predicted octanol–water partition coefficient (Wildman–Crippen LogP) is 1.26. The number of hydrogen-bond donors (Lipinski definition) is 3. The normalized spacial score (nSPS) is 22.1. The van der Waals surface area contributed by atoms with Crippen molar-refractivity contribution in [1.82, 2.24) is 5.32 Å². The fourth-order valence-electron chi connectivity index (χ4n) is 2.22. The van der Waals surface area contributed by atoms with Crippen LogP contribution in [0.15, 0.2) is 40.1 Å². The minimum absolute atomic E-state index is 0.169. The van der Waals surface area contributed by atoms with Crippen LogP contribution >= 0.6 is 28.1 Å². The number of nitrogens with two attached hydrogens (primary N) is 2. The highest BCUT2D eigenvalue weighted by Crippen LogP contribution is 2.36. The maximum absolute atomic E-state index is 11.7. The van der Waals surface area contributed by atoms with Gasteiger partial charge in [-0.15, -0.1) is 0 Å². The number of benzene rings is 1. The number of carbonyl (C=O) groups excluding carboxylic acids is 1. The van der Waals surface area contributed by atoms with Gasteiger partial charge in [0.05, 0.1) is 16.6 Å². The first-order valence-electron chi connectivity index (χ1n) is 5.71. The maximum Gasteiger partial charge on any atom is 0.228 e. The first-order chi connectivity index (χ1) is 9.45. The average Bonchev–Trinajstić information content (AvgIpc) is 2.38. The van der Waals surface area contributed by atoms with Crippen molar-refractivity contribution in [3.05, 3.63) is 45.7 Å². The molecule has 102 valence electrons. The Morgan fingerprint density at radius 3 is 2.50 bits per heavy atom. The van der Waals surface area contributed by atoms with Crippen LogP contribution in [-0.4, -0.2) is 10.9 Å². The summed E-state index contributed by atoms with van der Waals surface area (Å²) >= 11 is 8.48. The number of allylic oxidation sites excluding steroid dienone is 1. The van der Waals surface area contributed by atoms with Gasteiger partial charge in [-0.3, -0.25) is 4.79 Å². The highest BCUT2D eigenvalue weighted by molar-refractivity contribution is 9.10. The zero-order valence-corrected chi connectivity index (χ0v) is 12.7. The summed E-state index contributed by atoms with van der Waals surface area (Å²) in [7, 11) is 0. The van der Waals surface area contributed by atoms with E-state index in [9.17, 15) is 10.1 Å². The van der Waals surface area contributed by atoms with Gasteiger partial charge in [-0.2, -0.15) is 5.26 Å². The Morgan fingerprint density at radius 2 is 2.00 bits per heavy atom. The summed E-state index contributed by atoms with van der Waals surface area (Å²) < 4.78 is 0.892. The molecule has 20 heavy (non-hydrogen) atoms. The molecular weight excluding hydrogens is 340 g/mol. The van der Waals surface area contributed by atoms with Crippen molar-refractivity contribution in [3.63, 3.8) is 0 Å². The van der Waals surface area contributed by atoms with Gasteiger partial charge in [-0.05, 0) is 17.7 Å². The Morgan fingerprint density at radius 1 is 1.40 bits per heavy atom. The summed E-state index contributed by atoms with van der Waals surface area (Å²) in [6.45, 7) is 0. The minimum Gasteiger partial charge on any atom is -0.384 e. The number of carbonyl (C=O) groups is 1. The zero-order valence-electron chi connectivity index (χ0n) is 10.3. The van der Waals surface area contributed by atoms with E-state index in [0.29, 0.717) is 0 Å². The molecule has 0 aromatic heterocycles. The molecule has 0 aliphatic carbocycles. The summed E-state index contributed by atoms with van der Waals surface area (Å²) in [4.78, 5) is 11.9. The van der Waals surface area contributed by atoms with E-state index in [0.717, 1.165) is 10.0 Å². The van der Waals surface area contributed by atoms with Crippen LogP contribution in [0.4, 0.5) is 0 Å². The van der Waals surface area contributed by atoms with Crippen LogP contribution in [0.2, 0.25) is 0 Å². The van der Waals surface area contributed by atoms with E-state index >= 15 is 0 Å². The van der Waals surface area contributed by atoms with Crippen LogP contribution in [0, 0.1) is 17.2 Å². The van der Waals surface area contributed by atoms with E-state index in [1.54, 1.807) is 0 Å². The SMILES string of the molecule is N#CC1=C(N)NC(=S)[C@@H](C(N)=O)[C@@H]1c1ccc(Br)cc1. The predicted molar refractivity (Wildman–Crippen MR) is 82.1 cm³/mol. The van der Waals surface area contributed by atoms with Gasteiger partial charge in [-0.1, -0.05) is 40.3 Å². The standard InChI is InChI=1S/C13H11BrN4OS/c14-7-3-1-6(2-4-7)9-8(5-15)11(16)18-13(20)10(9)12(17)19/h1-4,9-10H,16H2,(H2,17,19)(H,18,20)/t9-,10-/m1/s1. The quantitative estimate of drug-likeness (QED) is 0.696. The summed E-state index contributed by atoms with van der Waals surface area (Å²) in [6, 6.07) is 9.30. The molecule has 0 fully saturated rings. The van der Waals surface area contributed by atoms with E-state index in [-0.39, 0.29) is 16.4 Å². The van der Waals surface area contributed by atoms with Crippen molar-refractivity contribution in [2.24, 2.45) is 17.4 Å². The van der Waals surface area contributed by atoms with Crippen LogP contribution in [-0.2, 0) is 4.79 Å². The van der Waals surface area contributed by atoms with Crippen molar-refractivity contribution in [2.75, 3.05) is 0 Å². The molecule has 1 heterocycles. The molecule has 1 aliphatic rings. The molecule has 7 heteroatoms. The Labute approximate surface area is 129 Å². The lowest BCUT2D eigenvalue weighted by molar-refractivity contribution is -0.120. The van der Waals surface area contributed by atoms with Gasteiger partial charge >= 0.3 is 0 Å². The summed E-state index contributed by atoms with van der Waals surface area (Å²) in [5.41, 5.74) is 12.3. The summed E-state index contributed by atoms with van der Waals surface area (Å²) in [5, 5.41) is 12.0. The fraction of sp³-hybridized carbons (Fsp3) is 0.154. The molecule has 0 radical (unpaired) electrons. The lowest BCUT2D eigenvalue weighted by Gasteiger charge is -2.31. The number of nitriles is 1. The molecule has 2 rings (SSSR count). The third-order valence-electron chi connectivity index (χ3n) is 3.13. The van der Waals surface area contributed by atoms with Crippen molar-refractivity contribution in [3.8, 4) is 6.07 Å². The smallest absolute Gasteiger partial charge is 0.228 e. The topological polar surface area (TPSA) is 105 Å². The number of rotatable bonds is 2. The second kappa shape index (κ2) is 5.61. The molecule has 0 saturated carbocycles. The molecule has 1 aromatic carbocycles. The van der Waals surface area contributed by atoms with E-state index < -0.39 is 17.7 Å². The Balaban J connectivity index is 2.60. The highest BCUT2D eigenvalue weighted by atomic mass is 79.9. The van der Waals surface area contributed by atoms with Crippen molar-refractivity contribution in [2.45, 2.75) is 5.92 Å². The number of halogens is 1. The summed E-state index contributed by atoms with van der Waals surface area (Å²) in [5.74, 6) is -1.76. The number of nitrogens with zero attached hydrogens (tertiary/aromatic N) is 1. The second-order valence-corrected chi connectivity index (χ2v) is 5.69. The lowest BCUT2D eigenvalue weighted by Crippen LogP contribution is -2.47. The van der Waals surface area contributed by atoms with E-state index in [2.05, 4.69) is 21.2 Å². The van der Waals surface area contributed by atoms with Gasteiger partial charge in [-0.25, -0.2) is 0 Å². The van der Waals surface area contributed by atoms with Crippen LogP contribution < -0.4 is 16.8 Å². The third kappa shape index (κ3) is 2.53. The molecule has 1 aromatic rings. The van der Waals surface area contributed by atoms with Crippen molar-refractivity contribution >= 4 is 39.0 Å². The lowest BCUT2D eigenvalue weighted by atomic mass is 9.78. The number of primary amides is 1. The van der Waals surface area contributed by atoms with Crippen LogP contribution in [0.3, 0.4) is 0 Å². The second-order valence-electron chi connectivity index (χ2n) is 4.34. The van der Waals surface area contributed by atoms with Gasteiger partial charge in [0, 0.05) is 10.4 Å². The Kier molecular flexibility index (Phi) is 4.06. The highest BCUT2D eigenvalue weighted by Gasteiger charge is 2.39. The monoisotopic (exact) mass is 350 g/mol. The van der Waals surface area contributed by atoms with Crippen molar-refractivity contribution < 1.29 is 4.79 Å². The van der Waals surface area contributed by atoms with Gasteiger partial charge in [0.25, 0.3) is 0 Å². The number of amides is 1. The molecule has 1 aliphatic heterocycles. The number of nitrogens with one attached hydrogen (secondary N) is 1. The van der Waals surface area contributed by atoms with Crippen LogP contribution in [0.5, 0.6) is 0 Å². The van der Waals surface area contributed by atoms with E-state index in [4.69, 9.17) is 23.7 Å². The first kappa shape index (κ1) is 14.5. The number of thiocarbonyl (C=S) groups is 1.